The zero-order chi connectivity index (χ0) is 9.35. The second-order valence-corrected chi connectivity index (χ2v) is 6.89. The third-order valence-electron chi connectivity index (χ3n) is 2.88. The van der Waals surface area contributed by atoms with Crippen LogP contribution in [0.25, 0.3) is 0 Å². The van der Waals surface area contributed by atoms with Gasteiger partial charge >= 0.3 is 0 Å². The molecule has 0 amide bonds. The lowest BCUT2D eigenvalue weighted by Crippen LogP contribution is -2.13. The first-order valence-electron chi connectivity index (χ1n) is 5.12. The molecule has 1 heterocycles. The van der Waals surface area contributed by atoms with Gasteiger partial charge in [-0.25, -0.2) is 0 Å². The van der Waals surface area contributed by atoms with Gasteiger partial charge in [-0.3, -0.25) is 0 Å². The third kappa shape index (κ3) is 2.69. The summed E-state index contributed by atoms with van der Waals surface area (Å²) in [7, 11) is 0. The normalized spacial score (nSPS) is 37.0. The minimum absolute atomic E-state index is 0.633. The van der Waals surface area contributed by atoms with Crippen molar-refractivity contribution >= 4 is 11.8 Å². The molecule has 72 valence electrons. The molecule has 0 radical (unpaired) electrons. The quantitative estimate of drug-likeness (QED) is 0.599. The second kappa shape index (κ2) is 3.61. The summed E-state index contributed by atoms with van der Waals surface area (Å²) in [6, 6.07) is 0. The fourth-order valence-corrected chi connectivity index (χ4v) is 3.38. The highest BCUT2D eigenvalue weighted by atomic mass is 32.2. The molecule has 0 aromatic rings. The molecular formula is C11H22S. The van der Waals surface area contributed by atoms with Crippen LogP contribution in [0.1, 0.15) is 47.5 Å². The lowest BCUT2D eigenvalue weighted by molar-refractivity contribution is 0.389. The molecule has 0 spiro atoms. The Morgan fingerprint density at radius 1 is 1.33 bits per heavy atom. The SMILES string of the molecule is CC(C)CC(C)CC1(C)SC1C. The molecule has 0 bridgehead atoms. The lowest BCUT2D eigenvalue weighted by Gasteiger charge is -2.17. The summed E-state index contributed by atoms with van der Waals surface area (Å²) >= 11 is 2.15. The fourth-order valence-electron chi connectivity index (χ4n) is 2.16. The van der Waals surface area contributed by atoms with Crippen molar-refractivity contribution in [3.8, 4) is 0 Å². The van der Waals surface area contributed by atoms with Crippen LogP contribution in [0.3, 0.4) is 0 Å². The molecule has 0 saturated carbocycles. The highest BCUT2D eigenvalue weighted by Crippen LogP contribution is 2.56. The summed E-state index contributed by atoms with van der Waals surface area (Å²) in [6.45, 7) is 11.8. The molecule has 0 aromatic heterocycles. The third-order valence-corrected chi connectivity index (χ3v) is 4.55. The molecule has 0 aromatic carbocycles. The Labute approximate surface area is 81.5 Å². The van der Waals surface area contributed by atoms with Gasteiger partial charge in [0, 0.05) is 10.00 Å². The smallest absolute Gasteiger partial charge is 0.0253 e. The summed E-state index contributed by atoms with van der Waals surface area (Å²) < 4.78 is 0.633. The second-order valence-electron chi connectivity index (χ2n) is 5.01. The van der Waals surface area contributed by atoms with E-state index < -0.39 is 0 Å². The average molecular weight is 186 g/mol. The van der Waals surface area contributed by atoms with Crippen LogP contribution in [0.5, 0.6) is 0 Å². The molecule has 1 fully saturated rings. The van der Waals surface area contributed by atoms with Crippen LogP contribution in [0, 0.1) is 11.8 Å². The van der Waals surface area contributed by atoms with E-state index in [0.717, 1.165) is 17.1 Å². The molecule has 0 aliphatic carbocycles. The zero-order valence-corrected chi connectivity index (χ0v) is 9.87. The molecule has 0 N–H and O–H groups in total. The van der Waals surface area contributed by atoms with Crippen molar-refractivity contribution in [2.45, 2.75) is 57.5 Å². The van der Waals surface area contributed by atoms with Crippen molar-refractivity contribution in [3.05, 3.63) is 0 Å². The first kappa shape index (κ1) is 10.4. The molecule has 1 aliphatic heterocycles. The highest BCUT2D eigenvalue weighted by Gasteiger charge is 2.48. The van der Waals surface area contributed by atoms with Gasteiger partial charge in [0.25, 0.3) is 0 Å². The van der Waals surface area contributed by atoms with Crippen LogP contribution in [-0.4, -0.2) is 10.00 Å². The van der Waals surface area contributed by atoms with Crippen molar-refractivity contribution in [2.75, 3.05) is 0 Å². The average Bonchev–Trinajstić information content (AvgIpc) is 2.35. The highest BCUT2D eigenvalue weighted by molar-refractivity contribution is 8.08. The van der Waals surface area contributed by atoms with Gasteiger partial charge in [0.1, 0.15) is 0 Å². The van der Waals surface area contributed by atoms with Crippen LogP contribution in [0.15, 0.2) is 0 Å². The van der Waals surface area contributed by atoms with Crippen molar-refractivity contribution in [2.24, 2.45) is 11.8 Å². The van der Waals surface area contributed by atoms with Crippen LogP contribution in [0.2, 0.25) is 0 Å². The van der Waals surface area contributed by atoms with E-state index in [0.29, 0.717) is 4.75 Å². The Kier molecular flexibility index (Phi) is 3.14. The summed E-state index contributed by atoms with van der Waals surface area (Å²) in [5, 5.41) is 0.909. The van der Waals surface area contributed by atoms with E-state index in [1.165, 1.54) is 12.8 Å². The molecule has 3 unspecified atom stereocenters. The fraction of sp³-hybridized carbons (Fsp3) is 1.00. The number of hydrogen-bond donors (Lipinski definition) is 0. The van der Waals surface area contributed by atoms with Crippen molar-refractivity contribution in [1.29, 1.82) is 0 Å². The van der Waals surface area contributed by atoms with E-state index in [1.54, 1.807) is 0 Å². The number of hydrogen-bond acceptors (Lipinski definition) is 1. The first-order valence-corrected chi connectivity index (χ1v) is 6.00. The van der Waals surface area contributed by atoms with E-state index in [1.807, 2.05) is 0 Å². The van der Waals surface area contributed by atoms with Crippen molar-refractivity contribution < 1.29 is 0 Å². The number of rotatable bonds is 4. The summed E-state index contributed by atoms with van der Waals surface area (Å²) in [5.41, 5.74) is 0. The van der Waals surface area contributed by atoms with E-state index >= 15 is 0 Å². The Bertz CT molecular complexity index is 153. The van der Waals surface area contributed by atoms with Gasteiger partial charge in [0.2, 0.25) is 0 Å². The Morgan fingerprint density at radius 2 is 1.83 bits per heavy atom. The maximum absolute atomic E-state index is 2.42. The monoisotopic (exact) mass is 186 g/mol. The van der Waals surface area contributed by atoms with Gasteiger partial charge in [-0.15, -0.1) is 11.8 Å². The Balaban J connectivity index is 2.23. The molecule has 0 nitrogen and oxygen atoms in total. The molecule has 1 rings (SSSR count). The maximum atomic E-state index is 2.42. The Morgan fingerprint density at radius 3 is 2.17 bits per heavy atom. The van der Waals surface area contributed by atoms with E-state index in [9.17, 15) is 0 Å². The van der Waals surface area contributed by atoms with Gasteiger partial charge in [0.05, 0.1) is 0 Å². The molecular weight excluding hydrogens is 164 g/mol. The van der Waals surface area contributed by atoms with Crippen molar-refractivity contribution in [1.82, 2.24) is 0 Å². The maximum Gasteiger partial charge on any atom is 0.0253 e. The van der Waals surface area contributed by atoms with Gasteiger partial charge in [-0.05, 0) is 31.6 Å². The summed E-state index contributed by atoms with van der Waals surface area (Å²) in [4.78, 5) is 0. The molecule has 1 saturated heterocycles. The minimum Gasteiger partial charge on any atom is -0.150 e. The predicted molar refractivity (Wildman–Crippen MR) is 58.7 cm³/mol. The number of thioether (sulfide) groups is 1. The van der Waals surface area contributed by atoms with Crippen LogP contribution in [-0.2, 0) is 0 Å². The first-order chi connectivity index (χ1) is 5.44. The van der Waals surface area contributed by atoms with Crippen LogP contribution < -0.4 is 0 Å². The van der Waals surface area contributed by atoms with E-state index in [-0.39, 0.29) is 0 Å². The van der Waals surface area contributed by atoms with Gasteiger partial charge < -0.3 is 0 Å². The van der Waals surface area contributed by atoms with Gasteiger partial charge in [-0.1, -0.05) is 27.7 Å². The molecule has 1 aliphatic rings. The molecule has 12 heavy (non-hydrogen) atoms. The van der Waals surface area contributed by atoms with Crippen LogP contribution in [0.4, 0.5) is 0 Å². The lowest BCUT2D eigenvalue weighted by atomic mass is 9.89. The van der Waals surface area contributed by atoms with Gasteiger partial charge in [-0.2, -0.15) is 0 Å². The zero-order valence-electron chi connectivity index (χ0n) is 9.05. The van der Waals surface area contributed by atoms with Crippen LogP contribution >= 0.6 is 11.8 Å². The standard InChI is InChI=1S/C11H22S/c1-8(2)6-9(3)7-11(5)10(4)12-11/h8-10H,6-7H2,1-5H3. The summed E-state index contributed by atoms with van der Waals surface area (Å²) in [5.74, 6) is 1.77. The predicted octanol–water partition coefficient (Wildman–Crippen LogP) is 3.95. The molecule has 1 heteroatoms. The topological polar surface area (TPSA) is 0 Å². The summed E-state index contributed by atoms with van der Waals surface area (Å²) in [6.07, 6.45) is 2.81. The van der Waals surface area contributed by atoms with E-state index in [4.69, 9.17) is 0 Å². The largest absolute Gasteiger partial charge is 0.150 e. The van der Waals surface area contributed by atoms with Crippen molar-refractivity contribution in [3.63, 3.8) is 0 Å². The van der Waals surface area contributed by atoms with Gasteiger partial charge in [0.15, 0.2) is 0 Å². The Hall–Kier alpha value is 0.350. The molecule has 3 atom stereocenters. The van der Waals surface area contributed by atoms with E-state index in [2.05, 4.69) is 46.4 Å². The minimum atomic E-state index is 0.633.